The van der Waals surface area contributed by atoms with Crippen LogP contribution in [0.15, 0.2) is 18.3 Å². The van der Waals surface area contributed by atoms with Gasteiger partial charge in [0.25, 0.3) is 0 Å². The molecule has 0 N–H and O–H groups in total. The highest BCUT2D eigenvalue weighted by Crippen LogP contribution is 2.29. The number of esters is 1. The van der Waals surface area contributed by atoms with E-state index in [1.807, 2.05) is 26.0 Å². The number of carbonyl (C=O) groups is 1. The Morgan fingerprint density at radius 3 is 2.78 bits per heavy atom. The Balaban J connectivity index is 2.67. The standard InChI is InChI=1S/C14H14ClNO2/c1-4-18-14(17)11-7-16-13-9(3)5-8(2)6-10(13)12(11)15/h5-7H,4H2,1-3H3. The van der Waals surface area contributed by atoms with Crippen LogP contribution in [0.25, 0.3) is 10.9 Å². The zero-order valence-electron chi connectivity index (χ0n) is 10.6. The second-order valence-electron chi connectivity index (χ2n) is 4.18. The number of rotatable bonds is 2. The van der Waals surface area contributed by atoms with Crippen molar-refractivity contribution in [3.05, 3.63) is 40.0 Å². The molecule has 4 heteroatoms. The van der Waals surface area contributed by atoms with Gasteiger partial charge in [-0.25, -0.2) is 4.79 Å². The summed E-state index contributed by atoms with van der Waals surface area (Å²) in [7, 11) is 0. The van der Waals surface area contributed by atoms with E-state index in [0.717, 1.165) is 22.0 Å². The van der Waals surface area contributed by atoms with Crippen molar-refractivity contribution in [2.45, 2.75) is 20.8 Å². The van der Waals surface area contributed by atoms with Crippen LogP contribution in [0.1, 0.15) is 28.4 Å². The molecule has 0 aliphatic heterocycles. The van der Waals surface area contributed by atoms with Crippen molar-refractivity contribution in [3.63, 3.8) is 0 Å². The van der Waals surface area contributed by atoms with Crippen molar-refractivity contribution in [1.29, 1.82) is 0 Å². The maximum atomic E-state index is 11.7. The molecule has 0 fully saturated rings. The number of hydrogen-bond acceptors (Lipinski definition) is 3. The van der Waals surface area contributed by atoms with Crippen molar-refractivity contribution in [3.8, 4) is 0 Å². The van der Waals surface area contributed by atoms with Gasteiger partial charge in [0.2, 0.25) is 0 Å². The molecule has 0 radical (unpaired) electrons. The van der Waals surface area contributed by atoms with Gasteiger partial charge in [-0.1, -0.05) is 23.2 Å². The highest BCUT2D eigenvalue weighted by Gasteiger charge is 2.15. The predicted molar refractivity (Wildman–Crippen MR) is 72.2 cm³/mol. The Morgan fingerprint density at radius 2 is 2.11 bits per heavy atom. The van der Waals surface area contributed by atoms with Crippen LogP contribution in [0.5, 0.6) is 0 Å². The number of aryl methyl sites for hydroxylation is 2. The Labute approximate surface area is 111 Å². The van der Waals surface area contributed by atoms with Gasteiger partial charge in [0.1, 0.15) is 0 Å². The first kappa shape index (κ1) is 12.8. The predicted octanol–water partition coefficient (Wildman–Crippen LogP) is 3.68. The third-order valence-corrected chi connectivity index (χ3v) is 3.14. The first-order chi connectivity index (χ1) is 8.54. The van der Waals surface area contributed by atoms with E-state index < -0.39 is 5.97 Å². The zero-order valence-corrected chi connectivity index (χ0v) is 11.3. The molecule has 0 saturated carbocycles. The number of aromatic nitrogens is 1. The van der Waals surface area contributed by atoms with Crippen LogP contribution in [0.2, 0.25) is 5.02 Å². The number of benzene rings is 1. The van der Waals surface area contributed by atoms with Crippen molar-refractivity contribution in [1.82, 2.24) is 4.98 Å². The molecular formula is C14H14ClNO2. The molecule has 0 spiro atoms. The fourth-order valence-corrected chi connectivity index (χ4v) is 2.25. The first-order valence-corrected chi connectivity index (χ1v) is 6.15. The zero-order chi connectivity index (χ0) is 13.3. The van der Waals surface area contributed by atoms with E-state index in [1.54, 1.807) is 6.92 Å². The van der Waals surface area contributed by atoms with E-state index in [1.165, 1.54) is 6.20 Å². The summed E-state index contributed by atoms with van der Waals surface area (Å²) in [6.45, 7) is 6.04. The number of ether oxygens (including phenoxy) is 1. The van der Waals surface area contributed by atoms with Gasteiger partial charge in [-0.05, 0) is 32.4 Å². The van der Waals surface area contributed by atoms with Gasteiger partial charge in [-0.2, -0.15) is 0 Å². The van der Waals surface area contributed by atoms with Crippen molar-refractivity contribution >= 4 is 28.5 Å². The molecule has 0 bridgehead atoms. The normalized spacial score (nSPS) is 10.7. The second-order valence-corrected chi connectivity index (χ2v) is 4.56. The fraction of sp³-hybridized carbons (Fsp3) is 0.286. The highest BCUT2D eigenvalue weighted by atomic mass is 35.5. The summed E-state index contributed by atoms with van der Waals surface area (Å²) in [6.07, 6.45) is 1.48. The van der Waals surface area contributed by atoms with Crippen molar-refractivity contribution < 1.29 is 9.53 Å². The summed E-state index contributed by atoms with van der Waals surface area (Å²) in [4.78, 5) is 16.0. The lowest BCUT2D eigenvalue weighted by Crippen LogP contribution is -2.06. The minimum absolute atomic E-state index is 0.316. The minimum Gasteiger partial charge on any atom is -0.462 e. The highest BCUT2D eigenvalue weighted by molar-refractivity contribution is 6.38. The summed E-state index contributed by atoms with van der Waals surface area (Å²) in [5.74, 6) is -0.434. The lowest BCUT2D eigenvalue weighted by molar-refractivity contribution is 0.0526. The van der Waals surface area contributed by atoms with E-state index in [9.17, 15) is 4.79 Å². The summed E-state index contributed by atoms with van der Waals surface area (Å²) in [6, 6.07) is 3.97. The van der Waals surface area contributed by atoms with Crippen LogP contribution in [0, 0.1) is 13.8 Å². The van der Waals surface area contributed by atoms with E-state index in [0.29, 0.717) is 17.2 Å². The smallest absolute Gasteiger partial charge is 0.341 e. The number of carbonyl (C=O) groups excluding carboxylic acids is 1. The van der Waals surface area contributed by atoms with Crippen molar-refractivity contribution in [2.75, 3.05) is 6.61 Å². The van der Waals surface area contributed by atoms with Gasteiger partial charge in [-0.3, -0.25) is 4.98 Å². The Hall–Kier alpha value is -1.61. The molecule has 2 aromatic rings. The van der Waals surface area contributed by atoms with Crippen LogP contribution < -0.4 is 0 Å². The van der Waals surface area contributed by atoms with Gasteiger partial charge < -0.3 is 4.74 Å². The van der Waals surface area contributed by atoms with Crippen molar-refractivity contribution in [2.24, 2.45) is 0 Å². The van der Waals surface area contributed by atoms with Crippen LogP contribution in [-0.2, 0) is 4.74 Å². The molecule has 0 atom stereocenters. The molecular weight excluding hydrogens is 250 g/mol. The quantitative estimate of drug-likeness (QED) is 0.776. The number of halogens is 1. The maximum absolute atomic E-state index is 11.7. The Kier molecular flexibility index (Phi) is 3.53. The lowest BCUT2D eigenvalue weighted by Gasteiger charge is -2.09. The molecule has 1 aromatic heterocycles. The van der Waals surface area contributed by atoms with Gasteiger partial charge in [-0.15, -0.1) is 0 Å². The topological polar surface area (TPSA) is 39.2 Å². The molecule has 1 aromatic carbocycles. The molecule has 0 unspecified atom stereocenters. The Morgan fingerprint density at radius 1 is 1.39 bits per heavy atom. The van der Waals surface area contributed by atoms with Gasteiger partial charge >= 0.3 is 5.97 Å². The molecule has 2 rings (SSSR count). The van der Waals surface area contributed by atoms with E-state index in [4.69, 9.17) is 16.3 Å². The average molecular weight is 264 g/mol. The molecule has 94 valence electrons. The number of fused-ring (bicyclic) bond motifs is 1. The average Bonchev–Trinajstić information content (AvgIpc) is 2.30. The molecule has 1 heterocycles. The largest absolute Gasteiger partial charge is 0.462 e. The van der Waals surface area contributed by atoms with Crippen LogP contribution in [-0.4, -0.2) is 17.6 Å². The summed E-state index contributed by atoms with van der Waals surface area (Å²) < 4.78 is 4.95. The maximum Gasteiger partial charge on any atom is 0.341 e. The van der Waals surface area contributed by atoms with Crippen LogP contribution in [0.4, 0.5) is 0 Å². The van der Waals surface area contributed by atoms with E-state index in [-0.39, 0.29) is 0 Å². The van der Waals surface area contributed by atoms with E-state index in [2.05, 4.69) is 4.98 Å². The SMILES string of the molecule is CCOC(=O)c1cnc2c(C)cc(C)cc2c1Cl. The third-order valence-electron chi connectivity index (χ3n) is 2.74. The van der Waals surface area contributed by atoms with Gasteiger partial charge in [0.15, 0.2) is 0 Å². The lowest BCUT2D eigenvalue weighted by atomic mass is 10.1. The fourth-order valence-electron chi connectivity index (χ4n) is 1.98. The van der Waals surface area contributed by atoms with Crippen LogP contribution >= 0.6 is 11.6 Å². The molecule has 18 heavy (non-hydrogen) atoms. The minimum atomic E-state index is -0.434. The van der Waals surface area contributed by atoms with Gasteiger partial charge in [0, 0.05) is 11.6 Å². The van der Waals surface area contributed by atoms with E-state index >= 15 is 0 Å². The van der Waals surface area contributed by atoms with Gasteiger partial charge in [0.05, 0.1) is 22.7 Å². The summed E-state index contributed by atoms with van der Waals surface area (Å²) >= 11 is 6.28. The molecule has 0 amide bonds. The third kappa shape index (κ3) is 2.18. The number of pyridine rings is 1. The first-order valence-electron chi connectivity index (χ1n) is 5.77. The molecule has 3 nitrogen and oxygen atoms in total. The molecule has 0 saturated heterocycles. The number of hydrogen-bond donors (Lipinski definition) is 0. The number of nitrogens with zero attached hydrogens (tertiary/aromatic N) is 1. The second kappa shape index (κ2) is 4.94. The Bertz CT molecular complexity index is 623. The summed E-state index contributed by atoms with van der Waals surface area (Å²) in [5, 5.41) is 1.20. The molecule has 0 aliphatic rings. The van der Waals surface area contributed by atoms with Crippen LogP contribution in [0.3, 0.4) is 0 Å². The molecule has 0 aliphatic carbocycles. The monoisotopic (exact) mass is 263 g/mol. The summed E-state index contributed by atoms with van der Waals surface area (Å²) in [5.41, 5.74) is 3.27.